The lowest BCUT2D eigenvalue weighted by Crippen LogP contribution is -2.45. The van der Waals surface area contributed by atoms with Crippen LogP contribution in [0, 0.1) is 11.3 Å². The number of carbonyl (C=O) groups is 2. The Morgan fingerprint density at radius 1 is 1.03 bits per heavy atom. The van der Waals surface area contributed by atoms with Gasteiger partial charge < -0.3 is 19.6 Å². The first-order chi connectivity index (χ1) is 15.0. The first-order valence-electron chi connectivity index (χ1n) is 11.0. The van der Waals surface area contributed by atoms with Crippen LogP contribution in [0.1, 0.15) is 29.9 Å². The zero-order chi connectivity index (χ0) is 21.6. The molecule has 0 aromatic heterocycles. The van der Waals surface area contributed by atoms with E-state index in [9.17, 15) is 14.7 Å². The van der Waals surface area contributed by atoms with Crippen LogP contribution >= 0.6 is 0 Å². The lowest BCUT2D eigenvalue weighted by Gasteiger charge is -2.39. The zero-order valence-corrected chi connectivity index (χ0v) is 17.8. The second kappa shape index (κ2) is 7.68. The molecular formula is C25H28N2O4. The average Bonchev–Trinajstić information content (AvgIpc) is 3.31. The van der Waals surface area contributed by atoms with Crippen molar-refractivity contribution in [3.63, 3.8) is 0 Å². The molecule has 1 amide bonds. The highest BCUT2D eigenvalue weighted by Crippen LogP contribution is 2.46. The Labute approximate surface area is 182 Å². The zero-order valence-electron chi connectivity index (χ0n) is 17.8. The first kappa shape index (κ1) is 20.1. The van der Waals surface area contributed by atoms with Gasteiger partial charge in [-0.1, -0.05) is 48.5 Å². The van der Waals surface area contributed by atoms with E-state index in [1.54, 1.807) is 4.90 Å². The summed E-state index contributed by atoms with van der Waals surface area (Å²) in [6, 6.07) is 16.5. The summed E-state index contributed by atoms with van der Waals surface area (Å²) >= 11 is 0. The van der Waals surface area contributed by atoms with E-state index in [4.69, 9.17) is 4.74 Å². The molecule has 0 radical (unpaired) electrons. The number of hydrogen-bond acceptors (Lipinski definition) is 4. The summed E-state index contributed by atoms with van der Waals surface area (Å²) in [6.07, 6.45) is 1.20. The number of amides is 1. The van der Waals surface area contributed by atoms with E-state index >= 15 is 0 Å². The number of fused-ring (bicyclic) bond motifs is 3. The number of ether oxygens (including phenoxy) is 1. The SMILES string of the molecule is CN1CCC2(CC1)CN(C(=O)OCC1c3ccccc3-c3ccccc31)CC2C(=O)O. The fourth-order valence-corrected chi connectivity index (χ4v) is 5.70. The largest absolute Gasteiger partial charge is 0.481 e. The van der Waals surface area contributed by atoms with Crippen LogP contribution in [0.25, 0.3) is 11.1 Å². The van der Waals surface area contributed by atoms with Crippen molar-refractivity contribution in [1.82, 2.24) is 9.80 Å². The molecule has 2 aliphatic heterocycles. The Balaban J connectivity index is 1.31. The van der Waals surface area contributed by atoms with Crippen LogP contribution < -0.4 is 0 Å². The van der Waals surface area contributed by atoms with E-state index in [1.165, 1.54) is 22.3 Å². The maximum Gasteiger partial charge on any atom is 0.409 e. The van der Waals surface area contributed by atoms with Crippen LogP contribution in [0.15, 0.2) is 48.5 Å². The molecule has 2 aromatic rings. The van der Waals surface area contributed by atoms with Crippen molar-refractivity contribution in [2.45, 2.75) is 18.8 Å². The number of aliphatic carboxylic acids is 1. The summed E-state index contributed by atoms with van der Waals surface area (Å²) < 4.78 is 5.79. The second-order valence-electron chi connectivity index (χ2n) is 9.24. The van der Waals surface area contributed by atoms with Gasteiger partial charge in [0.25, 0.3) is 0 Å². The minimum atomic E-state index is -0.807. The maximum absolute atomic E-state index is 13.0. The van der Waals surface area contributed by atoms with Crippen molar-refractivity contribution >= 4 is 12.1 Å². The van der Waals surface area contributed by atoms with Gasteiger partial charge in [-0.05, 0) is 55.2 Å². The summed E-state index contributed by atoms with van der Waals surface area (Å²) in [7, 11) is 2.06. The molecule has 1 unspecified atom stereocenters. The lowest BCUT2D eigenvalue weighted by molar-refractivity contribution is -0.145. The smallest absolute Gasteiger partial charge is 0.409 e. The van der Waals surface area contributed by atoms with Gasteiger partial charge >= 0.3 is 12.1 Å². The van der Waals surface area contributed by atoms with E-state index in [2.05, 4.69) is 36.2 Å². The molecule has 1 N–H and O–H groups in total. The Hall–Kier alpha value is -2.86. The van der Waals surface area contributed by atoms with Crippen molar-refractivity contribution < 1.29 is 19.4 Å². The van der Waals surface area contributed by atoms with Crippen molar-refractivity contribution in [3.05, 3.63) is 59.7 Å². The van der Waals surface area contributed by atoms with E-state index in [0.717, 1.165) is 25.9 Å². The van der Waals surface area contributed by atoms with Crippen molar-refractivity contribution in [2.24, 2.45) is 11.3 Å². The highest BCUT2D eigenvalue weighted by molar-refractivity contribution is 5.79. The quantitative estimate of drug-likeness (QED) is 0.821. The first-order valence-corrected chi connectivity index (χ1v) is 11.0. The fourth-order valence-electron chi connectivity index (χ4n) is 5.70. The average molecular weight is 421 g/mol. The summed E-state index contributed by atoms with van der Waals surface area (Å²) in [5.74, 6) is -1.33. The number of hydrogen-bond donors (Lipinski definition) is 1. The van der Waals surface area contributed by atoms with Gasteiger partial charge in [-0.25, -0.2) is 4.79 Å². The normalized spacial score (nSPS) is 22.4. The minimum Gasteiger partial charge on any atom is -0.481 e. The molecular weight excluding hydrogens is 392 g/mol. The van der Waals surface area contributed by atoms with Crippen LogP contribution in [0.3, 0.4) is 0 Å². The molecule has 2 fully saturated rings. The standard InChI is InChI=1S/C25H28N2O4/c1-26-12-10-25(11-13-26)16-27(14-22(25)23(28)29)24(30)31-15-21-19-8-4-2-6-17(19)18-7-3-5-9-20(18)21/h2-9,21-22H,10-16H2,1H3,(H,28,29). The minimum absolute atomic E-state index is 0.00603. The van der Waals surface area contributed by atoms with E-state index < -0.39 is 18.0 Å². The monoisotopic (exact) mass is 420 g/mol. The highest BCUT2D eigenvalue weighted by Gasteiger charge is 2.52. The molecule has 31 heavy (non-hydrogen) atoms. The highest BCUT2D eigenvalue weighted by atomic mass is 16.6. The fraction of sp³-hybridized carbons (Fsp3) is 0.440. The third kappa shape index (κ3) is 3.39. The number of nitrogens with zero attached hydrogens (tertiary/aromatic N) is 2. The lowest BCUT2D eigenvalue weighted by atomic mass is 9.71. The van der Waals surface area contributed by atoms with Gasteiger partial charge in [0.2, 0.25) is 0 Å². The number of likely N-dealkylation sites (tertiary alicyclic amines) is 2. The Kier molecular flexibility index (Phi) is 4.97. The summed E-state index contributed by atoms with van der Waals surface area (Å²) in [4.78, 5) is 28.8. The molecule has 2 aromatic carbocycles. The second-order valence-corrected chi connectivity index (χ2v) is 9.24. The molecule has 2 saturated heterocycles. The van der Waals surface area contributed by atoms with E-state index in [-0.39, 0.29) is 24.5 Å². The summed E-state index contributed by atoms with van der Waals surface area (Å²) in [5.41, 5.74) is 4.39. The molecule has 2 heterocycles. The van der Waals surface area contributed by atoms with Gasteiger partial charge in [-0.2, -0.15) is 0 Å². The number of carboxylic acids is 1. The van der Waals surface area contributed by atoms with Gasteiger partial charge in [0.05, 0.1) is 5.92 Å². The van der Waals surface area contributed by atoms with Crippen molar-refractivity contribution in [2.75, 3.05) is 39.8 Å². The molecule has 6 heteroatoms. The van der Waals surface area contributed by atoms with Gasteiger partial charge in [-0.15, -0.1) is 0 Å². The molecule has 1 aliphatic carbocycles. The van der Waals surface area contributed by atoms with Crippen LogP contribution in [-0.4, -0.2) is 66.8 Å². The molecule has 6 nitrogen and oxygen atoms in total. The molecule has 3 aliphatic rings. The Bertz CT molecular complexity index is 967. The number of rotatable bonds is 3. The molecule has 0 bridgehead atoms. The molecule has 162 valence electrons. The van der Waals surface area contributed by atoms with Gasteiger partial charge in [0.1, 0.15) is 6.61 Å². The van der Waals surface area contributed by atoms with Gasteiger partial charge in [0, 0.05) is 24.4 Å². The topological polar surface area (TPSA) is 70.1 Å². The van der Waals surface area contributed by atoms with Crippen molar-refractivity contribution in [1.29, 1.82) is 0 Å². The molecule has 1 spiro atoms. The number of carboxylic acid groups (broad SMARTS) is 1. The van der Waals surface area contributed by atoms with Crippen molar-refractivity contribution in [3.8, 4) is 11.1 Å². The molecule has 0 saturated carbocycles. The van der Waals surface area contributed by atoms with Crippen LogP contribution in [-0.2, 0) is 9.53 Å². The third-order valence-electron chi connectivity index (χ3n) is 7.52. The summed E-state index contributed by atoms with van der Waals surface area (Å²) in [5, 5.41) is 9.82. The third-order valence-corrected chi connectivity index (χ3v) is 7.52. The number of benzene rings is 2. The predicted octanol–water partition coefficient (Wildman–Crippen LogP) is 3.66. The Morgan fingerprint density at radius 3 is 2.19 bits per heavy atom. The van der Waals surface area contributed by atoms with Crippen LogP contribution in [0.4, 0.5) is 4.79 Å². The van der Waals surface area contributed by atoms with Gasteiger partial charge in [-0.3, -0.25) is 4.79 Å². The number of piperidine rings is 1. The van der Waals surface area contributed by atoms with E-state index in [0.29, 0.717) is 6.54 Å². The van der Waals surface area contributed by atoms with Crippen LogP contribution in [0.5, 0.6) is 0 Å². The van der Waals surface area contributed by atoms with E-state index in [1.807, 2.05) is 24.3 Å². The maximum atomic E-state index is 13.0. The number of carbonyl (C=O) groups excluding carboxylic acids is 1. The van der Waals surface area contributed by atoms with Crippen LogP contribution in [0.2, 0.25) is 0 Å². The Morgan fingerprint density at radius 2 is 1.61 bits per heavy atom. The summed E-state index contributed by atoms with van der Waals surface area (Å²) in [6.45, 7) is 2.69. The van der Waals surface area contributed by atoms with Gasteiger partial charge in [0.15, 0.2) is 0 Å². The molecule has 5 rings (SSSR count). The predicted molar refractivity (Wildman–Crippen MR) is 117 cm³/mol. The molecule has 1 atom stereocenters.